The van der Waals surface area contributed by atoms with E-state index in [4.69, 9.17) is 22.1 Å². The smallest absolute Gasteiger partial charge is 0.138 e. The van der Waals surface area contributed by atoms with Gasteiger partial charge in [0.2, 0.25) is 0 Å². The number of hydrogen-bond acceptors (Lipinski definition) is 2. The predicted octanol–water partition coefficient (Wildman–Crippen LogP) is 3.95. The molecule has 2 unspecified atom stereocenters. The van der Waals surface area contributed by atoms with Crippen LogP contribution < -0.4 is 10.5 Å². The second-order valence-electron chi connectivity index (χ2n) is 4.33. The minimum Gasteiger partial charge on any atom is -0.487 e. The first-order valence-electron chi connectivity index (χ1n) is 6.00. The Bertz CT molecular complexity index is 544. The molecule has 0 aliphatic heterocycles. The molecule has 2 nitrogen and oxygen atoms in total. The minimum absolute atomic E-state index is 0.273. The van der Waals surface area contributed by atoms with E-state index < -0.39 is 0 Å². The third-order valence-electron chi connectivity index (χ3n) is 2.91. The highest BCUT2D eigenvalue weighted by Crippen LogP contribution is 2.27. The molecular formula is C15H15ClFNO. The topological polar surface area (TPSA) is 35.2 Å². The number of ether oxygens (including phenoxy) is 1. The molecule has 0 amide bonds. The number of nitrogens with two attached hydrogens (primary N) is 1. The summed E-state index contributed by atoms with van der Waals surface area (Å²) in [6.07, 6.45) is -0.273. The Hall–Kier alpha value is -1.58. The zero-order valence-corrected chi connectivity index (χ0v) is 11.3. The van der Waals surface area contributed by atoms with E-state index in [2.05, 4.69) is 0 Å². The summed E-state index contributed by atoms with van der Waals surface area (Å²) in [5.74, 6) is 0.310. The second kappa shape index (κ2) is 6.04. The van der Waals surface area contributed by atoms with E-state index in [1.165, 1.54) is 12.1 Å². The Morgan fingerprint density at radius 1 is 1.11 bits per heavy atom. The normalized spacial score (nSPS) is 13.9. The second-order valence-corrected chi connectivity index (χ2v) is 4.74. The van der Waals surface area contributed by atoms with Crippen molar-refractivity contribution in [1.29, 1.82) is 0 Å². The maximum Gasteiger partial charge on any atom is 0.138 e. The van der Waals surface area contributed by atoms with Gasteiger partial charge in [0.05, 0.1) is 11.1 Å². The fraction of sp³-hybridized carbons (Fsp3) is 0.200. The summed E-state index contributed by atoms with van der Waals surface area (Å²) in [5, 5.41) is 0.542. The van der Waals surface area contributed by atoms with Crippen LogP contribution in [-0.2, 0) is 0 Å². The van der Waals surface area contributed by atoms with Gasteiger partial charge < -0.3 is 10.5 Å². The lowest BCUT2D eigenvalue weighted by molar-refractivity contribution is 0.190. The lowest BCUT2D eigenvalue weighted by Gasteiger charge is -2.22. The van der Waals surface area contributed by atoms with Crippen LogP contribution in [0.2, 0.25) is 5.02 Å². The van der Waals surface area contributed by atoms with Crippen molar-refractivity contribution in [3.63, 3.8) is 0 Å². The van der Waals surface area contributed by atoms with Crippen LogP contribution in [0, 0.1) is 5.82 Å². The molecule has 2 N–H and O–H groups in total. The van der Waals surface area contributed by atoms with Crippen molar-refractivity contribution in [3.8, 4) is 5.75 Å². The van der Waals surface area contributed by atoms with Crippen molar-refractivity contribution in [2.24, 2.45) is 5.73 Å². The van der Waals surface area contributed by atoms with Crippen molar-refractivity contribution in [3.05, 3.63) is 64.9 Å². The highest BCUT2D eigenvalue weighted by Gasteiger charge is 2.17. The standard InChI is InChI=1S/C15H15ClFNO/c1-10(19-14-5-3-2-4-13(14)16)15(18)11-6-8-12(17)9-7-11/h2-10,15H,18H2,1H3. The summed E-state index contributed by atoms with van der Waals surface area (Å²) in [5.41, 5.74) is 6.92. The lowest BCUT2D eigenvalue weighted by Crippen LogP contribution is -2.28. The van der Waals surface area contributed by atoms with Gasteiger partial charge in [-0.25, -0.2) is 4.39 Å². The number of hydrogen-bond donors (Lipinski definition) is 1. The van der Waals surface area contributed by atoms with Gasteiger partial charge in [-0.3, -0.25) is 0 Å². The van der Waals surface area contributed by atoms with Gasteiger partial charge in [0.15, 0.2) is 0 Å². The van der Waals surface area contributed by atoms with Gasteiger partial charge in [-0.1, -0.05) is 35.9 Å². The SMILES string of the molecule is CC(Oc1ccccc1Cl)C(N)c1ccc(F)cc1. The quantitative estimate of drug-likeness (QED) is 0.920. The van der Waals surface area contributed by atoms with E-state index in [0.29, 0.717) is 10.8 Å². The van der Waals surface area contributed by atoms with E-state index in [1.54, 1.807) is 24.3 Å². The molecule has 2 rings (SSSR count). The van der Waals surface area contributed by atoms with Gasteiger partial charge >= 0.3 is 0 Å². The van der Waals surface area contributed by atoms with Crippen LogP contribution in [0.3, 0.4) is 0 Å². The fourth-order valence-electron chi connectivity index (χ4n) is 1.77. The summed E-state index contributed by atoms with van der Waals surface area (Å²) < 4.78 is 18.6. The first-order valence-corrected chi connectivity index (χ1v) is 6.38. The van der Waals surface area contributed by atoms with Crippen molar-refractivity contribution < 1.29 is 9.13 Å². The number of para-hydroxylation sites is 1. The van der Waals surface area contributed by atoms with Crippen LogP contribution >= 0.6 is 11.6 Å². The molecule has 100 valence electrons. The number of halogens is 2. The summed E-state index contributed by atoms with van der Waals surface area (Å²) in [4.78, 5) is 0. The Morgan fingerprint density at radius 2 is 1.74 bits per heavy atom. The fourth-order valence-corrected chi connectivity index (χ4v) is 1.95. The zero-order chi connectivity index (χ0) is 13.8. The van der Waals surface area contributed by atoms with Crippen molar-refractivity contribution >= 4 is 11.6 Å². The van der Waals surface area contributed by atoms with Crippen LogP contribution in [0.1, 0.15) is 18.5 Å². The Labute approximate surface area is 117 Å². The summed E-state index contributed by atoms with van der Waals surface area (Å²) in [6, 6.07) is 13.0. The van der Waals surface area contributed by atoms with Crippen LogP contribution in [0.15, 0.2) is 48.5 Å². The molecule has 0 spiro atoms. The van der Waals surface area contributed by atoms with Crippen LogP contribution in [0.4, 0.5) is 4.39 Å². The molecule has 2 atom stereocenters. The van der Waals surface area contributed by atoms with Gasteiger partial charge in [0, 0.05) is 0 Å². The number of benzene rings is 2. The van der Waals surface area contributed by atoms with Crippen molar-refractivity contribution in [2.75, 3.05) is 0 Å². The molecule has 0 saturated heterocycles. The third kappa shape index (κ3) is 3.46. The maximum atomic E-state index is 12.9. The van der Waals surface area contributed by atoms with Gasteiger partial charge in [-0.15, -0.1) is 0 Å². The molecule has 19 heavy (non-hydrogen) atoms. The van der Waals surface area contributed by atoms with E-state index in [0.717, 1.165) is 5.56 Å². The van der Waals surface area contributed by atoms with Gasteiger partial charge in [-0.05, 0) is 36.8 Å². The highest BCUT2D eigenvalue weighted by atomic mass is 35.5. The van der Waals surface area contributed by atoms with Crippen molar-refractivity contribution in [1.82, 2.24) is 0 Å². The molecule has 0 aromatic heterocycles. The van der Waals surface area contributed by atoms with E-state index in [1.807, 2.05) is 19.1 Å². The molecule has 0 heterocycles. The largest absolute Gasteiger partial charge is 0.487 e. The lowest BCUT2D eigenvalue weighted by atomic mass is 10.0. The first kappa shape index (κ1) is 13.8. The molecule has 2 aromatic rings. The van der Waals surface area contributed by atoms with E-state index >= 15 is 0 Å². The molecule has 0 bridgehead atoms. The zero-order valence-electron chi connectivity index (χ0n) is 10.5. The molecule has 0 saturated carbocycles. The molecule has 0 radical (unpaired) electrons. The first-order chi connectivity index (χ1) is 9.08. The molecule has 2 aromatic carbocycles. The summed E-state index contributed by atoms with van der Waals surface area (Å²) >= 11 is 6.02. The average Bonchev–Trinajstić information content (AvgIpc) is 2.41. The maximum absolute atomic E-state index is 12.9. The monoisotopic (exact) mass is 279 g/mol. The van der Waals surface area contributed by atoms with Crippen molar-refractivity contribution in [2.45, 2.75) is 19.1 Å². The van der Waals surface area contributed by atoms with Gasteiger partial charge in [0.1, 0.15) is 17.7 Å². The molecule has 4 heteroatoms. The Morgan fingerprint density at radius 3 is 2.37 bits per heavy atom. The van der Waals surface area contributed by atoms with Crippen LogP contribution in [-0.4, -0.2) is 6.10 Å². The summed E-state index contributed by atoms with van der Waals surface area (Å²) in [7, 11) is 0. The number of rotatable bonds is 4. The van der Waals surface area contributed by atoms with Crippen LogP contribution in [0.25, 0.3) is 0 Å². The molecule has 0 fully saturated rings. The highest BCUT2D eigenvalue weighted by molar-refractivity contribution is 6.32. The molecule has 0 aliphatic carbocycles. The average molecular weight is 280 g/mol. The Balaban J connectivity index is 2.09. The molecular weight excluding hydrogens is 265 g/mol. The van der Waals surface area contributed by atoms with Gasteiger partial charge in [-0.2, -0.15) is 0 Å². The van der Waals surface area contributed by atoms with Crippen LogP contribution in [0.5, 0.6) is 5.75 Å². The van der Waals surface area contributed by atoms with Gasteiger partial charge in [0.25, 0.3) is 0 Å². The Kier molecular flexibility index (Phi) is 4.40. The third-order valence-corrected chi connectivity index (χ3v) is 3.22. The predicted molar refractivity (Wildman–Crippen MR) is 74.9 cm³/mol. The molecule has 0 aliphatic rings. The summed E-state index contributed by atoms with van der Waals surface area (Å²) in [6.45, 7) is 1.86. The van der Waals surface area contributed by atoms with E-state index in [-0.39, 0.29) is 18.0 Å². The minimum atomic E-state index is -0.350. The van der Waals surface area contributed by atoms with E-state index in [9.17, 15) is 4.39 Å².